The molecule has 3 rings (SSSR count). The van der Waals surface area contributed by atoms with E-state index in [1.165, 1.54) is 11.3 Å². The van der Waals surface area contributed by atoms with Gasteiger partial charge >= 0.3 is 0 Å². The molecule has 1 fully saturated rings. The molecule has 0 saturated carbocycles. The SMILES string of the molecule is O=S1(=O)CCC(N(CCO)Cc2csc(-c3ccco3)n2)C1. The maximum atomic E-state index is 11.6. The first-order valence-corrected chi connectivity index (χ1v) is 9.81. The van der Waals surface area contributed by atoms with E-state index in [-0.39, 0.29) is 24.2 Å². The number of furan rings is 1. The van der Waals surface area contributed by atoms with Crippen LogP contribution in [0.15, 0.2) is 28.2 Å². The minimum Gasteiger partial charge on any atom is -0.462 e. The molecule has 1 atom stereocenters. The summed E-state index contributed by atoms with van der Waals surface area (Å²) in [6.07, 6.45) is 2.23. The molecule has 0 spiro atoms. The highest BCUT2D eigenvalue weighted by molar-refractivity contribution is 7.91. The van der Waals surface area contributed by atoms with Crippen LogP contribution in [0.2, 0.25) is 0 Å². The zero-order chi connectivity index (χ0) is 15.6. The number of hydrogen-bond acceptors (Lipinski definition) is 7. The van der Waals surface area contributed by atoms with E-state index in [9.17, 15) is 13.5 Å². The van der Waals surface area contributed by atoms with Crippen LogP contribution in [0.5, 0.6) is 0 Å². The van der Waals surface area contributed by atoms with Crippen molar-refractivity contribution in [2.75, 3.05) is 24.7 Å². The van der Waals surface area contributed by atoms with Crippen LogP contribution in [-0.2, 0) is 16.4 Å². The van der Waals surface area contributed by atoms with E-state index in [1.807, 2.05) is 22.4 Å². The van der Waals surface area contributed by atoms with Gasteiger partial charge in [0.15, 0.2) is 20.6 Å². The van der Waals surface area contributed by atoms with Gasteiger partial charge in [-0.2, -0.15) is 0 Å². The third-order valence-corrected chi connectivity index (χ3v) is 6.42. The van der Waals surface area contributed by atoms with Crippen molar-refractivity contribution >= 4 is 21.2 Å². The minimum absolute atomic E-state index is 0.00568. The Balaban J connectivity index is 1.71. The molecule has 1 saturated heterocycles. The van der Waals surface area contributed by atoms with Crippen LogP contribution in [0.3, 0.4) is 0 Å². The summed E-state index contributed by atoms with van der Waals surface area (Å²) < 4.78 is 28.6. The molecule has 120 valence electrons. The predicted molar refractivity (Wildman–Crippen MR) is 84.4 cm³/mol. The summed E-state index contributed by atoms with van der Waals surface area (Å²) in [5.41, 5.74) is 0.870. The molecular weight excluding hydrogens is 324 g/mol. The van der Waals surface area contributed by atoms with Crippen LogP contribution >= 0.6 is 11.3 Å². The van der Waals surface area contributed by atoms with Gasteiger partial charge in [0.1, 0.15) is 0 Å². The summed E-state index contributed by atoms with van der Waals surface area (Å²) in [7, 11) is -2.94. The molecule has 0 amide bonds. The van der Waals surface area contributed by atoms with Gasteiger partial charge in [-0.05, 0) is 18.6 Å². The molecule has 2 aromatic heterocycles. The number of sulfone groups is 1. The minimum atomic E-state index is -2.94. The van der Waals surface area contributed by atoms with E-state index < -0.39 is 9.84 Å². The van der Waals surface area contributed by atoms with Crippen molar-refractivity contribution in [2.24, 2.45) is 0 Å². The van der Waals surface area contributed by atoms with Gasteiger partial charge < -0.3 is 9.52 Å². The summed E-state index contributed by atoms with van der Waals surface area (Å²) in [5, 5.41) is 12.0. The van der Waals surface area contributed by atoms with Crippen LogP contribution in [0, 0.1) is 0 Å². The summed E-state index contributed by atoms with van der Waals surface area (Å²) in [5.74, 6) is 1.13. The fourth-order valence-electron chi connectivity index (χ4n) is 2.68. The molecule has 6 nitrogen and oxygen atoms in total. The second-order valence-corrected chi connectivity index (χ2v) is 8.46. The Bertz CT molecular complexity index is 709. The number of rotatable bonds is 6. The lowest BCUT2D eigenvalue weighted by Crippen LogP contribution is -2.37. The molecule has 3 heterocycles. The number of aliphatic hydroxyl groups excluding tert-OH is 1. The van der Waals surface area contributed by atoms with Crippen molar-refractivity contribution < 1.29 is 17.9 Å². The van der Waals surface area contributed by atoms with Gasteiger partial charge in [-0.1, -0.05) is 0 Å². The maximum Gasteiger partial charge on any atom is 0.162 e. The Morgan fingerprint density at radius 1 is 1.50 bits per heavy atom. The fourth-order valence-corrected chi connectivity index (χ4v) is 5.22. The summed E-state index contributed by atoms with van der Waals surface area (Å²) >= 11 is 1.50. The second kappa shape index (κ2) is 6.49. The molecule has 0 aliphatic carbocycles. The van der Waals surface area contributed by atoms with Gasteiger partial charge in [-0.3, -0.25) is 4.90 Å². The molecule has 0 radical (unpaired) electrons. The quantitative estimate of drug-likeness (QED) is 0.854. The van der Waals surface area contributed by atoms with E-state index in [4.69, 9.17) is 4.42 Å². The lowest BCUT2D eigenvalue weighted by molar-refractivity contribution is 0.152. The van der Waals surface area contributed by atoms with Crippen molar-refractivity contribution in [1.82, 2.24) is 9.88 Å². The Morgan fingerprint density at radius 2 is 2.36 bits per heavy atom. The molecule has 2 aromatic rings. The number of aromatic nitrogens is 1. The molecule has 0 bridgehead atoms. The summed E-state index contributed by atoms with van der Waals surface area (Å²) in [6.45, 7) is 0.997. The predicted octanol–water partition coefficient (Wildman–Crippen LogP) is 1.38. The van der Waals surface area contributed by atoms with E-state index >= 15 is 0 Å². The highest BCUT2D eigenvalue weighted by Crippen LogP contribution is 2.26. The lowest BCUT2D eigenvalue weighted by atomic mass is 10.2. The van der Waals surface area contributed by atoms with Crippen LogP contribution < -0.4 is 0 Å². The van der Waals surface area contributed by atoms with Crippen molar-refractivity contribution in [1.29, 1.82) is 0 Å². The zero-order valence-electron chi connectivity index (χ0n) is 12.0. The molecule has 1 aliphatic rings. The topological polar surface area (TPSA) is 83.6 Å². The van der Waals surface area contributed by atoms with Gasteiger partial charge in [0.2, 0.25) is 0 Å². The molecular formula is C14H18N2O4S2. The molecule has 22 heavy (non-hydrogen) atoms. The number of hydrogen-bond donors (Lipinski definition) is 1. The van der Waals surface area contributed by atoms with Crippen LogP contribution in [0.4, 0.5) is 0 Å². The smallest absolute Gasteiger partial charge is 0.162 e. The molecule has 1 aliphatic heterocycles. The fraction of sp³-hybridized carbons (Fsp3) is 0.500. The second-order valence-electron chi connectivity index (χ2n) is 5.37. The van der Waals surface area contributed by atoms with Crippen LogP contribution in [0.25, 0.3) is 10.8 Å². The van der Waals surface area contributed by atoms with Crippen LogP contribution in [0.1, 0.15) is 12.1 Å². The molecule has 8 heteroatoms. The summed E-state index contributed by atoms with van der Waals surface area (Å²) in [4.78, 5) is 6.54. The van der Waals surface area contributed by atoms with E-state index in [1.54, 1.807) is 6.26 Å². The lowest BCUT2D eigenvalue weighted by Gasteiger charge is -2.26. The van der Waals surface area contributed by atoms with Gasteiger partial charge in [0, 0.05) is 24.5 Å². The van der Waals surface area contributed by atoms with E-state index in [0.29, 0.717) is 19.5 Å². The highest BCUT2D eigenvalue weighted by Gasteiger charge is 2.32. The van der Waals surface area contributed by atoms with Crippen molar-refractivity contribution in [3.63, 3.8) is 0 Å². The Kier molecular flexibility index (Phi) is 4.62. The maximum absolute atomic E-state index is 11.6. The van der Waals surface area contributed by atoms with Crippen molar-refractivity contribution in [2.45, 2.75) is 19.0 Å². The standard InChI is InChI=1S/C14H18N2O4S2/c17-5-4-16(12-3-7-22(18,19)10-12)8-11-9-21-14(15-11)13-2-1-6-20-13/h1-2,6,9,12,17H,3-5,7-8,10H2. The van der Waals surface area contributed by atoms with Gasteiger partial charge in [-0.15, -0.1) is 11.3 Å². The largest absolute Gasteiger partial charge is 0.462 e. The molecule has 1 N–H and O–H groups in total. The van der Waals surface area contributed by atoms with Crippen molar-refractivity contribution in [3.05, 3.63) is 29.5 Å². The van der Waals surface area contributed by atoms with E-state index in [2.05, 4.69) is 4.98 Å². The monoisotopic (exact) mass is 342 g/mol. The number of thiazole rings is 1. The van der Waals surface area contributed by atoms with E-state index in [0.717, 1.165) is 16.5 Å². The average molecular weight is 342 g/mol. The first kappa shape index (κ1) is 15.7. The Labute approximate surface area is 133 Å². The van der Waals surface area contributed by atoms with Gasteiger partial charge in [0.25, 0.3) is 0 Å². The number of aliphatic hydroxyl groups is 1. The number of nitrogens with zero attached hydrogens (tertiary/aromatic N) is 2. The first-order chi connectivity index (χ1) is 10.6. The van der Waals surface area contributed by atoms with Crippen molar-refractivity contribution in [3.8, 4) is 10.8 Å². The Hall–Kier alpha value is -1.22. The Morgan fingerprint density at radius 3 is 3.00 bits per heavy atom. The zero-order valence-corrected chi connectivity index (χ0v) is 13.6. The normalized spacial score (nSPS) is 20.7. The first-order valence-electron chi connectivity index (χ1n) is 7.11. The van der Waals surface area contributed by atoms with Gasteiger partial charge in [-0.25, -0.2) is 13.4 Å². The van der Waals surface area contributed by atoms with Gasteiger partial charge in [0.05, 0.1) is 30.1 Å². The van der Waals surface area contributed by atoms with Crippen LogP contribution in [-0.4, -0.2) is 54.1 Å². The highest BCUT2D eigenvalue weighted by atomic mass is 32.2. The molecule has 1 unspecified atom stereocenters. The third kappa shape index (κ3) is 3.57. The summed E-state index contributed by atoms with van der Waals surface area (Å²) in [6, 6.07) is 3.64. The molecule has 0 aromatic carbocycles. The third-order valence-electron chi connectivity index (χ3n) is 3.76. The average Bonchev–Trinajstić information content (AvgIpc) is 3.17.